The van der Waals surface area contributed by atoms with Crippen LogP contribution >= 0.6 is 0 Å². The van der Waals surface area contributed by atoms with Crippen molar-refractivity contribution in [2.45, 2.75) is 0 Å². The zero-order chi connectivity index (χ0) is 16.7. The molecule has 0 fully saturated rings. The maximum absolute atomic E-state index is 12.4. The average Bonchev–Trinajstić information content (AvgIpc) is 2.58. The lowest BCUT2D eigenvalue weighted by Crippen LogP contribution is -2.40. The highest BCUT2D eigenvalue weighted by Gasteiger charge is 2.18. The van der Waals surface area contributed by atoms with E-state index in [1.165, 1.54) is 29.4 Å². The maximum atomic E-state index is 12.4. The van der Waals surface area contributed by atoms with Crippen LogP contribution in [0.25, 0.3) is 16.7 Å². The van der Waals surface area contributed by atoms with Gasteiger partial charge in [-0.05, 0) is 12.1 Å². The quantitative estimate of drug-likeness (QED) is 0.645. The first-order chi connectivity index (χ1) is 11.0. The van der Waals surface area contributed by atoms with E-state index in [-0.39, 0.29) is 16.6 Å². The Morgan fingerprint density at radius 3 is 2.26 bits per heavy atom. The van der Waals surface area contributed by atoms with E-state index < -0.39 is 16.7 Å². The van der Waals surface area contributed by atoms with Gasteiger partial charge in [-0.2, -0.15) is 5.26 Å². The molecule has 0 amide bonds. The van der Waals surface area contributed by atoms with Crippen molar-refractivity contribution in [3.05, 3.63) is 73.2 Å². The smallest absolute Gasteiger partial charge is 0.301 e. The van der Waals surface area contributed by atoms with Gasteiger partial charge in [0.05, 0.1) is 0 Å². The first kappa shape index (κ1) is 14.5. The van der Waals surface area contributed by atoms with E-state index in [9.17, 15) is 19.6 Å². The molecule has 0 spiro atoms. The fraction of sp³-hybridized carbons (Fsp3) is 0.125. The molecule has 2 heterocycles. The first-order valence-electron chi connectivity index (χ1n) is 6.78. The Morgan fingerprint density at radius 2 is 1.65 bits per heavy atom. The Morgan fingerprint density at radius 1 is 1.00 bits per heavy atom. The third-order valence-corrected chi connectivity index (χ3v) is 3.75. The summed E-state index contributed by atoms with van der Waals surface area (Å²) in [5, 5.41) is 9.01. The molecule has 0 aliphatic heterocycles. The van der Waals surface area contributed by atoms with Crippen LogP contribution in [0, 0.1) is 11.3 Å². The minimum atomic E-state index is -0.713. The molecule has 2 aromatic heterocycles. The summed E-state index contributed by atoms with van der Waals surface area (Å²) in [6.45, 7) is 0. The molecule has 7 heteroatoms. The number of nitriles is 1. The van der Waals surface area contributed by atoms with Gasteiger partial charge < -0.3 is 4.57 Å². The van der Waals surface area contributed by atoms with Crippen LogP contribution in [-0.2, 0) is 14.1 Å². The Balaban J connectivity index is 2.70. The van der Waals surface area contributed by atoms with Crippen molar-refractivity contribution < 1.29 is 0 Å². The Hall–Kier alpha value is -3.40. The molecule has 0 unspecified atom stereocenters. The van der Waals surface area contributed by atoms with Gasteiger partial charge in [0.15, 0.2) is 0 Å². The molecule has 0 bridgehead atoms. The van der Waals surface area contributed by atoms with Gasteiger partial charge in [0, 0.05) is 26.0 Å². The van der Waals surface area contributed by atoms with Gasteiger partial charge in [0.2, 0.25) is 5.43 Å². The van der Waals surface area contributed by atoms with E-state index in [1.54, 1.807) is 24.3 Å². The molecule has 0 aliphatic carbocycles. The Bertz CT molecular complexity index is 1140. The highest BCUT2D eigenvalue weighted by Crippen LogP contribution is 2.14. The van der Waals surface area contributed by atoms with Crippen LogP contribution in [0.5, 0.6) is 0 Å². The third-order valence-electron chi connectivity index (χ3n) is 3.75. The van der Waals surface area contributed by atoms with Gasteiger partial charge >= 0.3 is 5.69 Å². The number of benzene rings is 1. The van der Waals surface area contributed by atoms with E-state index in [2.05, 4.69) is 0 Å². The number of pyridine rings is 1. The lowest BCUT2D eigenvalue weighted by atomic mass is 10.2. The molecule has 23 heavy (non-hydrogen) atoms. The first-order valence-corrected chi connectivity index (χ1v) is 6.78. The molecule has 0 atom stereocenters. The number of aryl methyl sites for hydroxylation is 1. The summed E-state index contributed by atoms with van der Waals surface area (Å²) in [5.41, 5.74) is -1.29. The molecule has 0 saturated carbocycles. The second-order valence-corrected chi connectivity index (χ2v) is 5.09. The van der Waals surface area contributed by atoms with Gasteiger partial charge in [-0.1, -0.05) is 18.2 Å². The normalized spacial score (nSPS) is 10.7. The molecule has 114 valence electrons. The lowest BCUT2D eigenvalue weighted by molar-refractivity contribution is 0.700. The minimum absolute atomic E-state index is 0.155. The summed E-state index contributed by atoms with van der Waals surface area (Å²) in [6, 6.07) is 10.7. The van der Waals surface area contributed by atoms with E-state index >= 15 is 0 Å². The van der Waals surface area contributed by atoms with E-state index in [0.29, 0.717) is 5.69 Å². The molecule has 0 radical (unpaired) electrons. The van der Waals surface area contributed by atoms with Crippen LogP contribution in [0.2, 0.25) is 0 Å². The van der Waals surface area contributed by atoms with Crippen LogP contribution in [0.3, 0.4) is 0 Å². The summed E-state index contributed by atoms with van der Waals surface area (Å²) in [7, 11) is 2.78. The topological polar surface area (TPSA) is 89.8 Å². The fourth-order valence-electron chi connectivity index (χ4n) is 2.56. The molecule has 1 aromatic carbocycles. The minimum Gasteiger partial charge on any atom is -0.301 e. The maximum Gasteiger partial charge on any atom is 0.332 e. The average molecular weight is 308 g/mol. The summed E-state index contributed by atoms with van der Waals surface area (Å²) in [4.78, 5) is 37.0. The highest BCUT2D eigenvalue weighted by atomic mass is 16.2. The van der Waals surface area contributed by atoms with Crippen LogP contribution in [0.15, 0.2) is 50.9 Å². The second-order valence-electron chi connectivity index (χ2n) is 5.09. The number of hydrogen-bond acceptors (Lipinski definition) is 4. The van der Waals surface area contributed by atoms with Crippen molar-refractivity contribution in [1.29, 1.82) is 5.26 Å². The van der Waals surface area contributed by atoms with Crippen LogP contribution in [-0.4, -0.2) is 13.7 Å². The van der Waals surface area contributed by atoms with Crippen molar-refractivity contribution >= 4 is 11.0 Å². The van der Waals surface area contributed by atoms with E-state index in [1.807, 2.05) is 12.1 Å². The number of hydrogen-bond donors (Lipinski definition) is 0. The van der Waals surface area contributed by atoms with Crippen LogP contribution in [0.4, 0.5) is 0 Å². The fourth-order valence-corrected chi connectivity index (χ4v) is 2.56. The van der Waals surface area contributed by atoms with Gasteiger partial charge in [0.1, 0.15) is 22.7 Å². The number of rotatable bonds is 1. The second kappa shape index (κ2) is 5.10. The molecule has 0 saturated heterocycles. The molecule has 0 aliphatic rings. The third kappa shape index (κ3) is 2.00. The zero-order valence-electron chi connectivity index (χ0n) is 12.5. The predicted molar refractivity (Wildman–Crippen MR) is 84.7 cm³/mol. The molecular formula is C16H12N4O3. The van der Waals surface area contributed by atoms with Crippen molar-refractivity contribution in [3.63, 3.8) is 0 Å². The Kier molecular flexibility index (Phi) is 3.22. The SMILES string of the molecule is Cn1c(=O)c2c(=O)c(C#N)cn(-c3ccccc3)c2n(C)c1=O. The highest BCUT2D eigenvalue weighted by molar-refractivity contribution is 5.77. The number of aromatic nitrogens is 3. The van der Waals surface area contributed by atoms with Gasteiger partial charge in [-0.25, -0.2) is 4.79 Å². The molecule has 3 aromatic rings. The number of nitrogens with zero attached hydrogens (tertiary/aromatic N) is 4. The van der Waals surface area contributed by atoms with Crippen LogP contribution in [0.1, 0.15) is 5.56 Å². The monoisotopic (exact) mass is 308 g/mol. The van der Waals surface area contributed by atoms with Crippen LogP contribution < -0.4 is 16.7 Å². The Labute approximate surface area is 129 Å². The summed E-state index contributed by atoms with van der Waals surface area (Å²) < 4.78 is 3.60. The van der Waals surface area contributed by atoms with Crippen molar-refractivity contribution in [2.24, 2.45) is 14.1 Å². The van der Waals surface area contributed by atoms with Crippen molar-refractivity contribution in [3.8, 4) is 11.8 Å². The lowest BCUT2D eigenvalue weighted by Gasteiger charge is -2.15. The molecular weight excluding hydrogens is 296 g/mol. The molecule has 7 nitrogen and oxygen atoms in total. The largest absolute Gasteiger partial charge is 0.332 e. The van der Waals surface area contributed by atoms with Crippen molar-refractivity contribution in [1.82, 2.24) is 13.7 Å². The summed E-state index contributed by atoms with van der Waals surface area (Å²) in [5.74, 6) is 0. The number of para-hydroxylation sites is 1. The molecule has 3 rings (SSSR count). The van der Waals surface area contributed by atoms with Crippen molar-refractivity contribution in [2.75, 3.05) is 0 Å². The van der Waals surface area contributed by atoms with E-state index in [0.717, 1.165) is 4.57 Å². The zero-order valence-corrected chi connectivity index (χ0v) is 12.5. The molecule has 0 N–H and O–H groups in total. The predicted octanol–water partition coefficient (Wildman–Crippen LogP) is 0.260. The number of fused-ring (bicyclic) bond motifs is 1. The van der Waals surface area contributed by atoms with E-state index in [4.69, 9.17) is 0 Å². The van der Waals surface area contributed by atoms with Gasteiger partial charge in [-0.3, -0.25) is 18.7 Å². The van der Waals surface area contributed by atoms with Gasteiger partial charge in [-0.15, -0.1) is 0 Å². The summed E-state index contributed by atoms with van der Waals surface area (Å²) in [6.07, 6.45) is 1.35. The van der Waals surface area contributed by atoms with Gasteiger partial charge in [0.25, 0.3) is 5.56 Å². The summed E-state index contributed by atoms with van der Waals surface area (Å²) >= 11 is 0. The standard InChI is InChI=1S/C16H12N4O3/c1-18-14-12(15(22)19(2)16(18)23)13(21)10(8-17)9-20(14)11-6-4-3-5-7-11/h3-7,9H,1-2H3.